The van der Waals surface area contributed by atoms with E-state index in [0.29, 0.717) is 0 Å². The monoisotopic (exact) mass is 340 g/mol. The summed E-state index contributed by atoms with van der Waals surface area (Å²) in [5.74, 6) is 0.0714. The minimum Gasteiger partial charge on any atom is -0.410 e. The molecule has 1 N–H and O–H groups in total. The molecule has 6 nitrogen and oxygen atoms in total. The zero-order valence-corrected chi connectivity index (χ0v) is 12.0. The molecule has 0 spiro atoms. The maximum Gasteiger partial charge on any atom is 0.416 e. The highest BCUT2D eigenvalue weighted by atomic mass is 19.4. The zero-order valence-electron chi connectivity index (χ0n) is 12.0. The largest absolute Gasteiger partial charge is 0.416 e. The Balaban J connectivity index is 1.92. The van der Waals surface area contributed by atoms with Crippen molar-refractivity contribution < 1.29 is 27.6 Å². The third-order valence-corrected chi connectivity index (χ3v) is 2.95. The smallest absolute Gasteiger partial charge is 0.410 e. The standard InChI is InChI=1S/C15H11F3N2O4/c16-15(17,18)11-3-1-2-10(8-11)9-19-14(21)24-13-6-4-12(5-7-13)20(22)23/h1-8H,9H2,(H,19,21). The Bertz CT molecular complexity index is 745. The molecule has 0 radical (unpaired) electrons. The van der Waals surface area contributed by atoms with E-state index in [1.54, 1.807) is 0 Å². The topological polar surface area (TPSA) is 81.5 Å². The number of alkyl halides is 3. The van der Waals surface area contributed by atoms with Crippen molar-refractivity contribution in [1.29, 1.82) is 0 Å². The van der Waals surface area contributed by atoms with Gasteiger partial charge in [-0.05, 0) is 29.8 Å². The van der Waals surface area contributed by atoms with Crippen LogP contribution in [0.2, 0.25) is 0 Å². The Labute approximate surface area is 134 Å². The molecule has 2 aromatic carbocycles. The van der Waals surface area contributed by atoms with Crippen LogP contribution in [0.5, 0.6) is 5.75 Å². The van der Waals surface area contributed by atoms with Crippen molar-refractivity contribution in [2.24, 2.45) is 0 Å². The Morgan fingerprint density at radius 3 is 2.42 bits per heavy atom. The van der Waals surface area contributed by atoms with Crippen LogP contribution in [0.4, 0.5) is 23.7 Å². The SMILES string of the molecule is O=C(NCc1cccc(C(F)(F)F)c1)Oc1ccc([N+](=O)[O-])cc1. The number of non-ortho nitro benzene ring substituents is 1. The number of nitrogens with zero attached hydrogens (tertiary/aromatic N) is 1. The predicted molar refractivity (Wildman–Crippen MR) is 77.4 cm³/mol. The molecule has 0 unspecified atom stereocenters. The van der Waals surface area contributed by atoms with Crippen molar-refractivity contribution in [3.05, 3.63) is 69.8 Å². The van der Waals surface area contributed by atoms with Crippen LogP contribution >= 0.6 is 0 Å². The summed E-state index contributed by atoms with van der Waals surface area (Å²) < 4.78 is 42.6. The molecule has 9 heteroatoms. The summed E-state index contributed by atoms with van der Waals surface area (Å²) in [5.41, 5.74) is -0.720. The molecule has 0 aromatic heterocycles. The van der Waals surface area contributed by atoms with Crippen molar-refractivity contribution >= 4 is 11.8 Å². The second-order valence-corrected chi connectivity index (χ2v) is 4.69. The lowest BCUT2D eigenvalue weighted by Gasteiger charge is -2.10. The molecule has 2 aromatic rings. The van der Waals surface area contributed by atoms with Gasteiger partial charge < -0.3 is 10.1 Å². The zero-order chi connectivity index (χ0) is 17.7. The summed E-state index contributed by atoms with van der Waals surface area (Å²) >= 11 is 0. The van der Waals surface area contributed by atoms with Crippen LogP contribution in [-0.2, 0) is 12.7 Å². The number of halogens is 3. The number of carbonyl (C=O) groups is 1. The third-order valence-electron chi connectivity index (χ3n) is 2.95. The molecule has 2 rings (SSSR count). The van der Waals surface area contributed by atoms with Gasteiger partial charge in [0.05, 0.1) is 10.5 Å². The van der Waals surface area contributed by atoms with E-state index in [1.165, 1.54) is 24.3 Å². The van der Waals surface area contributed by atoms with Crippen LogP contribution < -0.4 is 10.1 Å². The lowest BCUT2D eigenvalue weighted by atomic mass is 10.1. The summed E-state index contributed by atoms with van der Waals surface area (Å²) in [6, 6.07) is 9.32. The molecule has 0 fully saturated rings. The third kappa shape index (κ3) is 4.70. The maximum atomic E-state index is 12.6. The Hall–Kier alpha value is -3.10. The number of hydrogen-bond donors (Lipinski definition) is 1. The van der Waals surface area contributed by atoms with Crippen LogP contribution in [0, 0.1) is 10.1 Å². The van der Waals surface area contributed by atoms with Gasteiger partial charge in [-0.1, -0.05) is 12.1 Å². The summed E-state index contributed by atoms with van der Waals surface area (Å²) in [6.45, 7) is -0.157. The van der Waals surface area contributed by atoms with E-state index < -0.39 is 22.8 Å². The number of ether oxygens (including phenoxy) is 1. The lowest BCUT2D eigenvalue weighted by Crippen LogP contribution is -2.26. The molecule has 0 aliphatic heterocycles. The first-order valence-electron chi connectivity index (χ1n) is 6.62. The van der Waals surface area contributed by atoms with Crippen molar-refractivity contribution in [2.75, 3.05) is 0 Å². The highest BCUT2D eigenvalue weighted by molar-refractivity contribution is 5.70. The van der Waals surface area contributed by atoms with E-state index in [9.17, 15) is 28.1 Å². The van der Waals surface area contributed by atoms with Crippen LogP contribution in [0.25, 0.3) is 0 Å². The van der Waals surface area contributed by atoms with Gasteiger partial charge in [-0.2, -0.15) is 13.2 Å². The molecule has 0 atom stereocenters. The van der Waals surface area contributed by atoms with Gasteiger partial charge in [0, 0.05) is 18.7 Å². The number of nitro groups is 1. The van der Waals surface area contributed by atoms with Gasteiger partial charge in [-0.25, -0.2) is 4.79 Å². The Morgan fingerprint density at radius 1 is 1.17 bits per heavy atom. The fourth-order valence-electron chi connectivity index (χ4n) is 1.81. The van der Waals surface area contributed by atoms with Gasteiger partial charge in [0.2, 0.25) is 0 Å². The van der Waals surface area contributed by atoms with Gasteiger partial charge in [-0.3, -0.25) is 10.1 Å². The van der Waals surface area contributed by atoms with Gasteiger partial charge in [0.1, 0.15) is 5.75 Å². The van der Waals surface area contributed by atoms with Crippen molar-refractivity contribution in [1.82, 2.24) is 5.32 Å². The number of benzene rings is 2. The number of amides is 1. The highest BCUT2D eigenvalue weighted by Crippen LogP contribution is 2.29. The van der Waals surface area contributed by atoms with Gasteiger partial charge in [-0.15, -0.1) is 0 Å². The number of nitrogens with one attached hydrogen (secondary N) is 1. The Kier molecular flexibility index (Phi) is 5.02. The molecule has 24 heavy (non-hydrogen) atoms. The van der Waals surface area contributed by atoms with Gasteiger partial charge in [0.15, 0.2) is 0 Å². The number of nitro benzene ring substituents is 1. The molecular formula is C15H11F3N2O4. The molecular weight excluding hydrogens is 329 g/mol. The fraction of sp³-hybridized carbons (Fsp3) is 0.133. The molecule has 0 saturated carbocycles. The van der Waals surface area contributed by atoms with Crippen LogP contribution in [0.1, 0.15) is 11.1 Å². The minimum atomic E-state index is -4.46. The van der Waals surface area contributed by atoms with Gasteiger partial charge in [0.25, 0.3) is 5.69 Å². The summed E-state index contributed by atoms with van der Waals surface area (Å²) in [7, 11) is 0. The molecule has 0 aliphatic rings. The highest BCUT2D eigenvalue weighted by Gasteiger charge is 2.30. The van der Waals surface area contributed by atoms with Crippen LogP contribution in [0.15, 0.2) is 48.5 Å². The molecule has 0 heterocycles. The second kappa shape index (κ2) is 6.99. The van der Waals surface area contributed by atoms with Crippen molar-refractivity contribution in [3.8, 4) is 5.75 Å². The van der Waals surface area contributed by atoms with Gasteiger partial charge >= 0.3 is 12.3 Å². The average molecular weight is 340 g/mol. The average Bonchev–Trinajstić information content (AvgIpc) is 2.53. The van der Waals surface area contributed by atoms with E-state index >= 15 is 0 Å². The number of rotatable bonds is 4. The first-order chi connectivity index (χ1) is 11.3. The predicted octanol–water partition coefficient (Wildman–Crippen LogP) is 3.90. The van der Waals surface area contributed by atoms with Crippen LogP contribution in [-0.4, -0.2) is 11.0 Å². The summed E-state index contributed by atoms with van der Waals surface area (Å²) in [6.07, 6.45) is -5.35. The van der Waals surface area contributed by atoms with Crippen molar-refractivity contribution in [2.45, 2.75) is 12.7 Å². The Morgan fingerprint density at radius 2 is 1.83 bits per heavy atom. The molecule has 0 bridgehead atoms. The molecule has 1 amide bonds. The van der Waals surface area contributed by atoms with E-state index in [2.05, 4.69) is 5.32 Å². The number of carbonyl (C=O) groups excluding carboxylic acids is 1. The maximum absolute atomic E-state index is 12.6. The quantitative estimate of drug-likeness (QED) is 0.676. The lowest BCUT2D eigenvalue weighted by molar-refractivity contribution is -0.384. The molecule has 0 aliphatic carbocycles. The van der Waals surface area contributed by atoms with E-state index in [-0.39, 0.29) is 23.5 Å². The summed E-state index contributed by atoms with van der Waals surface area (Å²) in [5, 5.41) is 12.8. The normalized spacial score (nSPS) is 11.0. The van der Waals surface area contributed by atoms with Crippen molar-refractivity contribution in [3.63, 3.8) is 0 Å². The van der Waals surface area contributed by atoms with E-state index in [1.807, 2.05) is 0 Å². The number of hydrogen-bond acceptors (Lipinski definition) is 4. The van der Waals surface area contributed by atoms with E-state index in [0.717, 1.165) is 24.3 Å². The summed E-state index contributed by atoms with van der Waals surface area (Å²) in [4.78, 5) is 21.5. The fourth-order valence-corrected chi connectivity index (χ4v) is 1.81. The first-order valence-corrected chi connectivity index (χ1v) is 6.62. The first kappa shape index (κ1) is 17.3. The molecule has 126 valence electrons. The van der Waals surface area contributed by atoms with Crippen LogP contribution in [0.3, 0.4) is 0 Å². The van der Waals surface area contributed by atoms with E-state index in [4.69, 9.17) is 4.74 Å². The molecule has 0 saturated heterocycles. The second-order valence-electron chi connectivity index (χ2n) is 4.69. The minimum absolute atomic E-state index is 0.0714.